The van der Waals surface area contributed by atoms with Crippen molar-refractivity contribution in [2.24, 2.45) is 0 Å². The molecule has 3 rings (SSSR count). The molecule has 31 heavy (non-hydrogen) atoms. The van der Waals surface area contributed by atoms with E-state index < -0.39 is 0 Å². The second-order valence-corrected chi connectivity index (χ2v) is 7.80. The van der Waals surface area contributed by atoms with Gasteiger partial charge in [0.1, 0.15) is 5.75 Å². The van der Waals surface area contributed by atoms with Crippen molar-refractivity contribution in [2.75, 3.05) is 44.2 Å². The Bertz CT molecular complexity index is 818. The smallest absolute Gasteiger partial charge is 0.269 e. The Labute approximate surface area is 184 Å². The van der Waals surface area contributed by atoms with E-state index in [1.54, 1.807) is 24.3 Å². The van der Waals surface area contributed by atoms with E-state index >= 15 is 0 Å². The van der Waals surface area contributed by atoms with Crippen LogP contribution in [0, 0.1) is 0 Å². The van der Waals surface area contributed by atoms with Crippen LogP contribution >= 0.6 is 0 Å². The summed E-state index contributed by atoms with van der Waals surface area (Å²) in [6.45, 7) is 7.50. The maximum Gasteiger partial charge on any atom is 0.269 e. The largest absolute Gasteiger partial charge is 0.494 e. The number of hydrogen-bond donors (Lipinski definition) is 3. The maximum absolute atomic E-state index is 12.2. The molecule has 2 aromatic rings. The number of carbonyl (C=O) groups excluding carboxylic acids is 2. The molecule has 0 aromatic heterocycles. The number of quaternary nitrogens is 1. The Morgan fingerprint density at radius 3 is 2.39 bits per heavy atom. The molecular formula is C24H33N4O3+. The maximum atomic E-state index is 12.2. The van der Waals surface area contributed by atoms with Gasteiger partial charge in [-0.25, -0.2) is 0 Å². The molecular weight excluding hydrogens is 392 g/mol. The van der Waals surface area contributed by atoms with Crippen LogP contribution in [0.3, 0.4) is 0 Å². The van der Waals surface area contributed by atoms with Gasteiger partial charge in [-0.1, -0.05) is 31.5 Å². The molecule has 0 atom stereocenters. The first-order valence-corrected chi connectivity index (χ1v) is 11.1. The number of hydrazine groups is 1. The minimum Gasteiger partial charge on any atom is -0.494 e. The topological polar surface area (TPSA) is 75.1 Å². The summed E-state index contributed by atoms with van der Waals surface area (Å²) in [5.41, 5.74) is 6.74. The number of nitrogens with one attached hydrogen (secondary N) is 3. The number of rotatable bonds is 9. The SMILES string of the molecule is CCCCOc1ccc(C(=O)NNC(=O)CC[NH+]2CCN(c3ccccc3)CC2)cc1. The van der Waals surface area contributed by atoms with Gasteiger partial charge in [0.25, 0.3) is 5.91 Å². The molecule has 2 amide bonds. The number of anilines is 1. The lowest BCUT2D eigenvalue weighted by Gasteiger charge is -2.33. The van der Waals surface area contributed by atoms with E-state index in [-0.39, 0.29) is 11.8 Å². The van der Waals surface area contributed by atoms with Gasteiger partial charge in [0.15, 0.2) is 0 Å². The summed E-state index contributed by atoms with van der Waals surface area (Å²) in [5.74, 6) is 0.229. The average Bonchev–Trinajstić information content (AvgIpc) is 2.82. The molecule has 0 aliphatic carbocycles. The highest BCUT2D eigenvalue weighted by molar-refractivity contribution is 5.95. The molecule has 0 saturated carbocycles. The third-order valence-electron chi connectivity index (χ3n) is 5.50. The van der Waals surface area contributed by atoms with Gasteiger partial charge >= 0.3 is 0 Å². The molecule has 1 saturated heterocycles. The van der Waals surface area contributed by atoms with Gasteiger partial charge in [-0.2, -0.15) is 0 Å². The highest BCUT2D eigenvalue weighted by Gasteiger charge is 2.20. The fourth-order valence-electron chi connectivity index (χ4n) is 3.56. The lowest BCUT2D eigenvalue weighted by atomic mass is 10.2. The average molecular weight is 426 g/mol. The first-order chi connectivity index (χ1) is 15.2. The lowest BCUT2D eigenvalue weighted by Crippen LogP contribution is -3.15. The summed E-state index contributed by atoms with van der Waals surface area (Å²) in [7, 11) is 0. The van der Waals surface area contributed by atoms with Crippen molar-refractivity contribution in [1.29, 1.82) is 0 Å². The van der Waals surface area contributed by atoms with Crippen molar-refractivity contribution in [2.45, 2.75) is 26.2 Å². The molecule has 0 spiro atoms. The number of unbranched alkanes of at least 4 members (excludes halogenated alkanes) is 1. The van der Waals surface area contributed by atoms with E-state index in [9.17, 15) is 9.59 Å². The van der Waals surface area contributed by atoms with E-state index in [1.807, 2.05) is 6.07 Å². The van der Waals surface area contributed by atoms with Crippen LogP contribution < -0.4 is 25.4 Å². The third kappa shape index (κ3) is 7.29. The first-order valence-electron chi connectivity index (χ1n) is 11.1. The van der Waals surface area contributed by atoms with Crippen LogP contribution in [0.15, 0.2) is 54.6 Å². The normalized spacial score (nSPS) is 14.2. The van der Waals surface area contributed by atoms with Crippen LogP contribution in [0.5, 0.6) is 5.75 Å². The minimum atomic E-state index is -0.336. The molecule has 3 N–H and O–H groups in total. The van der Waals surface area contributed by atoms with Crippen LogP contribution in [0.2, 0.25) is 0 Å². The lowest BCUT2D eigenvalue weighted by molar-refractivity contribution is -0.900. The Morgan fingerprint density at radius 2 is 1.71 bits per heavy atom. The number of hydrogen-bond acceptors (Lipinski definition) is 4. The van der Waals surface area contributed by atoms with Gasteiger partial charge in [-0.15, -0.1) is 0 Å². The van der Waals surface area contributed by atoms with Gasteiger partial charge in [0.05, 0.1) is 45.8 Å². The molecule has 1 aliphatic heterocycles. The zero-order chi connectivity index (χ0) is 21.9. The fourth-order valence-corrected chi connectivity index (χ4v) is 3.56. The summed E-state index contributed by atoms with van der Waals surface area (Å²) in [6, 6.07) is 17.3. The van der Waals surface area contributed by atoms with Gasteiger partial charge in [0, 0.05) is 11.3 Å². The van der Waals surface area contributed by atoms with Crippen LogP contribution in [-0.2, 0) is 4.79 Å². The van der Waals surface area contributed by atoms with Crippen LogP contribution in [-0.4, -0.2) is 51.1 Å². The summed E-state index contributed by atoms with van der Waals surface area (Å²) in [6.07, 6.45) is 2.45. The van der Waals surface area contributed by atoms with Crippen molar-refractivity contribution in [3.05, 3.63) is 60.2 Å². The number of carbonyl (C=O) groups is 2. The highest BCUT2D eigenvalue weighted by atomic mass is 16.5. The van der Waals surface area contributed by atoms with Crippen LogP contribution in [0.1, 0.15) is 36.5 Å². The summed E-state index contributed by atoms with van der Waals surface area (Å²) in [5, 5.41) is 0. The van der Waals surface area contributed by atoms with Crippen molar-refractivity contribution in [1.82, 2.24) is 10.9 Å². The Morgan fingerprint density at radius 1 is 1.00 bits per heavy atom. The van der Waals surface area contributed by atoms with E-state index in [0.29, 0.717) is 18.6 Å². The van der Waals surface area contributed by atoms with E-state index in [4.69, 9.17) is 4.74 Å². The van der Waals surface area contributed by atoms with E-state index in [1.165, 1.54) is 10.6 Å². The summed E-state index contributed by atoms with van der Waals surface area (Å²) in [4.78, 5) is 28.1. The Hall–Kier alpha value is -3.06. The van der Waals surface area contributed by atoms with Crippen molar-refractivity contribution in [3.63, 3.8) is 0 Å². The summed E-state index contributed by atoms with van der Waals surface area (Å²) < 4.78 is 5.59. The standard InChI is InChI=1S/C24H32N4O3/c1-2-3-19-31-22-11-9-20(10-12-22)24(30)26-25-23(29)13-14-27-15-17-28(18-16-27)21-7-5-4-6-8-21/h4-12H,2-3,13-19H2,1H3,(H,25,29)(H,26,30)/p+1. The van der Waals surface area contributed by atoms with Gasteiger partial charge in [-0.05, 0) is 42.8 Å². The molecule has 0 radical (unpaired) electrons. The predicted molar refractivity (Wildman–Crippen MR) is 121 cm³/mol. The number of amides is 2. The fraction of sp³-hybridized carbons (Fsp3) is 0.417. The zero-order valence-corrected chi connectivity index (χ0v) is 18.2. The van der Waals surface area contributed by atoms with E-state index in [0.717, 1.165) is 51.3 Å². The molecule has 166 valence electrons. The molecule has 1 aliphatic rings. The molecule has 1 fully saturated rings. The zero-order valence-electron chi connectivity index (χ0n) is 18.2. The third-order valence-corrected chi connectivity index (χ3v) is 5.50. The molecule has 0 bridgehead atoms. The van der Waals surface area contributed by atoms with Crippen LogP contribution in [0.25, 0.3) is 0 Å². The molecule has 2 aromatic carbocycles. The molecule has 1 heterocycles. The summed E-state index contributed by atoms with van der Waals surface area (Å²) >= 11 is 0. The minimum absolute atomic E-state index is 0.175. The van der Waals surface area contributed by atoms with Gasteiger partial charge in [-0.3, -0.25) is 20.4 Å². The number of piperazine rings is 1. The second kappa shape index (κ2) is 12.0. The Kier molecular flexibility index (Phi) is 8.72. The second-order valence-electron chi connectivity index (χ2n) is 7.80. The molecule has 0 unspecified atom stereocenters. The highest BCUT2D eigenvalue weighted by Crippen LogP contribution is 2.13. The van der Waals surface area contributed by atoms with Gasteiger partial charge in [0.2, 0.25) is 5.91 Å². The van der Waals surface area contributed by atoms with E-state index in [2.05, 4.69) is 46.9 Å². The first kappa shape index (κ1) is 22.6. The number of benzene rings is 2. The number of nitrogens with zero attached hydrogens (tertiary/aromatic N) is 1. The van der Waals surface area contributed by atoms with Crippen molar-refractivity contribution >= 4 is 17.5 Å². The quantitative estimate of drug-likeness (QED) is 0.420. The van der Waals surface area contributed by atoms with Crippen molar-refractivity contribution in [3.8, 4) is 5.75 Å². The van der Waals surface area contributed by atoms with Crippen molar-refractivity contribution < 1.29 is 19.2 Å². The molecule has 7 heteroatoms. The van der Waals surface area contributed by atoms with Crippen LogP contribution in [0.4, 0.5) is 5.69 Å². The van der Waals surface area contributed by atoms with Gasteiger partial charge < -0.3 is 14.5 Å². The predicted octanol–water partition coefficient (Wildman–Crippen LogP) is 1.42. The monoisotopic (exact) mass is 425 g/mol. The Balaban J connectivity index is 1.32. The molecule has 7 nitrogen and oxygen atoms in total. The number of para-hydroxylation sites is 1. The number of ether oxygens (including phenoxy) is 1.